The molecule has 92 valence electrons. The Bertz CT molecular complexity index is 420. The molecule has 1 aromatic heterocycles. The van der Waals surface area contributed by atoms with Gasteiger partial charge >= 0.3 is 5.97 Å². The van der Waals surface area contributed by atoms with Crippen LogP contribution in [0.1, 0.15) is 17.9 Å². The first-order valence-electron chi connectivity index (χ1n) is 5.21. The summed E-state index contributed by atoms with van der Waals surface area (Å²) in [6.07, 6.45) is 3.09. The molecule has 0 fully saturated rings. The van der Waals surface area contributed by atoms with Crippen molar-refractivity contribution in [3.05, 3.63) is 29.7 Å². The van der Waals surface area contributed by atoms with Gasteiger partial charge in [-0.15, -0.1) is 0 Å². The minimum absolute atomic E-state index is 0.163. The molecule has 1 amide bonds. The SMILES string of the molecule is COC(=O)CCNC(=O)/C=C/c1ccc(C)o1. The number of aryl methyl sites for hydroxylation is 1. The molecular weight excluding hydrogens is 222 g/mol. The topological polar surface area (TPSA) is 68.5 Å². The van der Waals surface area contributed by atoms with Crippen molar-refractivity contribution in [2.45, 2.75) is 13.3 Å². The molecule has 0 bridgehead atoms. The van der Waals surface area contributed by atoms with Gasteiger partial charge in [-0.05, 0) is 25.1 Å². The lowest BCUT2D eigenvalue weighted by Gasteiger charge is -2.00. The van der Waals surface area contributed by atoms with Gasteiger partial charge in [0.1, 0.15) is 11.5 Å². The molecule has 0 spiro atoms. The van der Waals surface area contributed by atoms with E-state index in [1.807, 2.05) is 13.0 Å². The van der Waals surface area contributed by atoms with Crippen molar-refractivity contribution in [2.24, 2.45) is 0 Å². The van der Waals surface area contributed by atoms with Crippen molar-refractivity contribution in [2.75, 3.05) is 13.7 Å². The quantitative estimate of drug-likeness (QED) is 0.618. The molecule has 5 heteroatoms. The lowest BCUT2D eigenvalue weighted by atomic mass is 10.3. The highest BCUT2D eigenvalue weighted by atomic mass is 16.5. The summed E-state index contributed by atoms with van der Waals surface area (Å²) in [7, 11) is 1.31. The van der Waals surface area contributed by atoms with Crippen molar-refractivity contribution < 1.29 is 18.7 Å². The van der Waals surface area contributed by atoms with E-state index in [0.717, 1.165) is 5.76 Å². The number of amides is 1. The lowest BCUT2D eigenvalue weighted by molar-refractivity contribution is -0.140. The van der Waals surface area contributed by atoms with E-state index in [-0.39, 0.29) is 24.8 Å². The maximum atomic E-state index is 11.3. The van der Waals surface area contributed by atoms with Crippen LogP contribution in [-0.4, -0.2) is 25.5 Å². The zero-order valence-electron chi connectivity index (χ0n) is 9.86. The number of ether oxygens (including phenoxy) is 1. The van der Waals surface area contributed by atoms with Crippen LogP contribution in [0, 0.1) is 6.92 Å². The van der Waals surface area contributed by atoms with Gasteiger partial charge in [0.2, 0.25) is 5.91 Å². The standard InChI is InChI=1S/C12H15NO4/c1-9-3-4-10(17-9)5-6-11(14)13-8-7-12(15)16-2/h3-6H,7-8H2,1-2H3,(H,13,14)/b6-5+. The Balaban J connectivity index is 2.30. The monoisotopic (exact) mass is 237 g/mol. The van der Waals surface area contributed by atoms with Gasteiger partial charge in [0.25, 0.3) is 0 Å². The minimum Gasteiger partial charge on any atom is -0.469 e. The van der Waals surface area contributed by atoms with Crippen LogP contribution in [0.15, 0.2) is 22.6 Å². The average molecular weight is 237 g/mol. The number of esters is 1. The molecule has 0 atom stereocenters. The molecule has 0 saturated heterocycles. The largest absolute Gasteiger partial charge is 0.469 e. The van der Waals surface area contributed by atoms with Crippen LogP contribution in [0.5, 0.6) is 0 Å². The highest BCUT2D eigenvalue weighted by Gasteiger charge is 2.01. The molecule has 1 heterocycles. The molecule has 5 nitrogen and oxygen atoms in total. The molecule has 1 N–H and O–H groups in total. The second-order valence-electron chi connectivity index (χ2n) is 3.40. The zero-order valence-corrected chi connectivity index (χ0v) is 9.86. The predicted molar refractivity (Wildman–Crippen MR) is 62.1 cm³/mol. The first-order chi connectivity index (χ1) is 8.11. The van der Waals surface area contributed by atoms with E-state index in [0.29, 0.717) is 5.76 Å². The number of nitrogens with one attached hydrogen (secondary N) is 1. The zero-order chi connectivity index (χ0) is 12.7. The van der Waals surface area contributed by atoms with Crippen molar-refractivity contribution >= 4 is 18.0 Å². The highest BCUT2D eigenvalue weighted by Crippen LogP contribution is 2.07. The molecule has 0 aliphatic heterocycles. The second kappa shape index (κ2) is 6.52. The smallest absolute Gasteiger partial charge is 0.307 e. The summed E-state index contributed by atoms with van der Waals surface area (Å²) in [6.45, 7) is 2.08. The van der Waals surface area contributed by atoms with Crippen LogP contribution in [0.25, 0.3) is 6.08 Å². The third kappa shape index (κ3) is 5.01. The Morgan fingerprint density at radius 1 is 1.47 bits per heavy atom. The number of carbonyl (C=O) groups excluding carboxylic acids is 2. The Labute approximate surface area is 99.4 Å². The van der Waals surface area contributed by atoms with Crippen LogP contribution in [0.4, 0.5) is 0 Å². The van der Waals surface area contributed by atoms with E-state index in [2.05, 4.69) is 10.1 Å². The van der Waals surface area contributed by atoms with Gasteiger partial charge in [-0.2, -0.15) is 0 Å². The lowest BCUT2D eigenvalue weighted by Crippen LogP contribution is -2.24. The maximum Gasteiger partial charge on any atom is 0.307 e. The van der Waals surface area contributed by atoms with Gasteiger partial charge < -0.3 is 14.5 Å². The van der Waals surface area contributed by atoms with E-state index in [9.17, 15) is 9.59 Å². The molecule has 0 aliphatic carbocycles. The number of furan rings is 1. The molecular formula is C12H15NO4. The molecule has 1 aromatic rings. The van der Waals surface area contributed by atoms with E-state index >= 15 is 0 Å². The van der Waals surface area contributed by atoms with Crippen LogP contribution in [0.3, 0.4) is 0 Å². The third-order valence-electron chi connectivity index (χ3n) is 2.02. The van der Waals surface area contributed by atoms with Gasteiger partial charge in [0, 0.05) is 12.6 Å². The number of hydrogen-bond acceptors (Lipinski definition) is 4. The number of rotatable bonds is 5. The molecule has 0 aliphatic rings. The number of hydrogen-bond donors (Lipinski definition) is 1. The Morgan fingerprint density at radius 3 is 2.82 bits per heavy atom. The van der Waals surface area contributed by atoms with Crippen LogP contribution < -0.4 is 5.32 Å². The van der Waals surface area contributed by atoms with E-state index in [1.54, 1.807) is 12.1 Å². The Hall–Kier alpha value is -2.04. The summed E-state index contributed by atoms with van der Waals surface area (Å²) in [4.78, 5) is 22.1. The second-order valence-corrected chi connectivity index (χ2v) is 3.40. The van der Waals surface area contributed by atoms with Crippen LogP contribution >= 0.6 is 0 Å². The van der Waals surface area contributed by atoms with E-state index in [4.69, 9.17) is 4.42 Å². The summed E-state index contributed by atoms with van der Waals surface area (Å²) >= 11 is 0. The normalized spacial score (nSPS) is 10.5. The fourth-order valence-corrected chi connectivity index (χ4v) is 1.15. The molecule has 0 saturated carbocycles. The van der Waals surface area contributed by atoms with E-state index < -0.39 is 0 Å². The molecule has 0 radical (unpaired) electrons. The third-order valence-corrected chi connectivity index (χ3v) is 2.02. The van der Waals surface area contributed by atoms with Gasteiger partial charge in [-0.25, -0.2) is 0 Å². The van der Waals surface area contributed by atoms with Crippen molar-refractivity contribution in [3.8, 4) is 0 Å². The van der Waals surface area contributed by atoms with Crippen LogP contribution in [0.2, 0.25) is 0 Å². The first-order valence-corrected chi connectivity index (χ1v) is 5.21. The van der Waals surface area contributed by atoms with Crippen molar-refractivity contribution in [1.82, 2.24) is 5.32 Å². The van der Waals surface area contributed by atoms with Gasteiger partial charge in [-0.3, -0.25) is 9.59 Å². The number of carbonyl (C=O) groups is 2. The first kappa shape index (κ1) is 13.0. The summed E-state index contributed by atoms with van der Waals surface area (Å²) in [5.41, 5.74) is 0. The van der Waals surface area contributed by atoms with Gasteiger partial charge in [0.15, 0.2) is 0 Å². The summed E-state index contributed by atoms with van der Waals surface area (Å²) < 4.78 is 9.69. The Morgan fingerprint density at radius 2 is 2.24 bits per heavy atom. The fourth-order valence-electron chi connectivity index (χ4n) is 1.15. The molecule has 17 heavy (non-hydrogen) atoms. The molecule has 0 aromatic carbocycles. The molecule has 0 unspecified atom stereocenters. The summed E-state index contributed by atoms with van der Waals surface area (Å²) in [6, 6.07) is 3.59. The Kier molecular flexibility index (Phi) is 5.00. The van der Waals surface area contributed by atoms with Crippen molar-refractivity contribution in [3.63, 3.8) is 0 Å². The molecule has 1 rings (SSSR count). The minimum atomic E-state index is -0.351. The van der Waals surface area contributed by atoms with E-state index in [1.165, 1.54) is 13.2 Å². The van der Waals surface area contributed by atoms with Crippen LogP contribution in [-0.2, 0) is 14.3 Å². The fraction of sp³-hybridized carbons (Fsp3) is 0.333. The predicted octanol–water partition coefficient (Wildman–Crippen LogP) is 1.28. The maximum absolute atomic E-state index is 11.3. The van der Waals surface area contributed by atoms with Gasteiger partial charge in [0.05, 0.1) is 13.5 Å². The summed E-state index contributed by atoms with van der Waals surface area (Å²) in [5, 5.41) is 2.56. The van der Waals surface area contributed by atoms with Gasteiger partial charge in [-0.1, -0.05) is 0 Å². The number of methoxy groups -OCH3 is 1. The average Bonchev–Trinajstić information content (AvgIpc) is 2.72. The van der Waals surface area contributed by atoms with Crippen molar-refractivity contribution in [1.29, 1.82) is 0 Å². The summed E-state index contributed by atoms with van der Waals surface area (Å²) in [5.74, 6) is 0.778. The highest BCUT2D eigenvalue weighted by molar-refractivity contribution is 5.91.